The van der Waals surface area contributed by atoms with E-state index in [1.165, 1.54) is 11.1 Å². The fourth-order valence-electron chi connectivity index (χ4n) is 9.50. The first kappa shape index (κ1) is 32.5. The third-order valence-corrected chi connectivity index (χ3v) is 11.9. The van der Waals surface area contributed by atoms with Crippen LogP contribution in [0.4, 0.5) is 17.1 Å². The summed E-state index contributed by atoms with van der Waals surface area (Å²) in [7, 11) is 0. The second-order valence-corrected chi connectivity index (χ2v) is 14.9. The molecule has 0 amide bonds. The molecule has 5 heteroatoms. The average molecular weight is 743 g/mol. The topological polar surface area (TPSA) is 43.2 Å². The van der Waals surface area contributed by atoms with Crippen molar-refractivity contribution < 1.29 is 4.74 Å². The summed E-state index contributed by atoms with van der Waals surface area (Å²) in [5.74, 6) is 2.28. The fraction of sp³-hybridized carbons (Fsp3) is 0.0189. The molecule has 0 saturated carbocycles. The maximum Gasteiger partial charge on any atom is 0.235 e. The van der Waals surface area contributed by atoms with Crippen LogP contribution in [0.2, 0.25) is 0 Å². The smallest absolute Gasteiger partial charge is 0.235 e. The molecule has 0 radical (unpaired) electrons. The van der Waals surface area contributed by atoms with Gasteiger partial charge in [-0.25, -0.2) is 9.97 Å². The van der Waals surface area contributed by atoms with Crippen molar-refractivity contribution in [1.29, 1.82) is 0 Å². The van der Waals surface area contributed by atoms with Gasteiger partial charge >= 0.3 is 0 Å². The van der Waals surface area contributed by atoms with E-state index in [9.17, 15) is 0 Å². The molecule has 2 aliphatic rings. The van der Waals surface area contributed by atoms with E-state index < -0.39 is 5.41 Å². The third-order valence-electron chi connectivity index (χ3n) is 11.9. The molecule has 0 atom stereocenters. The van der Waals surface area contributed by atoms with Crippen LogP contribution in [0.1, 0.15) is 22.3 Å². The van der Waals surface area contributed by atoms with Crippen molar-refractivity contribution in [2.75, 3.05) is 4.90 Å². The van der Waals surface area contributed by atoms with Gasteiger partial charge in [-0.15, -0.1) is 0 Å². The van der Waals surface area contributed by atoms with E-state index in [0.29, 0.717) is 5.95 Å². The highest BCUT2D eigenvalue weighted by molar-refractivity contribution is 6.13. The Balaban J connectivity index is 1.18. The molecule has 4 heterocycles. The number of para-hydroxylation sites is 5. The highest BCUT2D eigenvalue weighted by Gasteiger charge is 2.51. The lowest BCUT2D eigenvalue weighted by Crippen LogP contribution is -2.39. The first-order valence-corrected chi connectivity index (χ1v) is 19.7. The molecule has 0 aliphatic carbocycles. The van der Waals surface area contributed by atoms with E-state index in [1.54, 1.807) is 0 Å². The quantitative estimate of drug-likeness (QED) is 0.180. The number of hydrogen-bond acceptors (Lipinski definition) is 4. The Hall–Kier alpha value is -7.76. The van der Waals surface area contributed by atoms with Gasteiger partial charge in [-0.05, 0) is 59.7 Å². The van der Waals surface area contributed by atoms with Crippen LogP contribution in [0.15, 0.2) is 206 Å². The van der Waals surface area contributed by atoms with E-state index in [4.69, 9.17) is 14.7 Å². The first-order chi connectivity index (χ1) is 28.8. The normalized spacial score (nSPS) is 13.4. The highest BCUT2D eigenvalue weighted by Crippen LogP contribution is 2.64. The highest BCUT2D eigenvalue weighted by atomic mass is 16.5. The molecule has 58 heavy (non-hydrogen) atoms. The standard InChI is InChI=1S/C53H34N4O/c1-4-18-35(19-5-1)43-34-44(36-20-6-2-7-21-36)55-52(54-43)57-45-28-14-10-24-38(45)50-48(57)33-32-42-51(50)58-49-31-17-13-27-41(49)53(42)39-25-11-15-29-46(39)56(37-22-8-3-9-23-37)47-30-16-12-26-40(47)53/h1-34H. The maximum atomic E-state index is 7.24. The first-order valence-electron chi connectivity index (χ1n) is 19.7. The summed E-state index contributed by atoms with van der Waals surface area (Å²) >= 11 is 0. The zero-order valence-electron chi connectivity index (χ0n) is 31.3. The number of benzene rings is 8. The number of fused-ring (bicyclic) bond motifs is 12. The van der Waals surface area contributed by atoms with Crippen molar-refractivity contribution in [1.82, 2.24) is 14.5 Å². The van der Waals surface area contributed by atoms with Crippen LogP contribution < -0.4 is 9.64 Å². The minimum absolute atomic E-state index is 0.601. The lowest BCUT2D eigenvalue weighted by Gasteiger charge is -2.48. The van der Waals surface area contributed by atoms with Crippen molar-refractivity contribution in [3.05, 3.63) is 229 Å². The Labute approximate surface area is 335 Å². The number of ether oxygens (including phenoxy) is 1. The molecule has 0 saturated heterocycles. The summed E-state index contributed by atoms with van der Waals surface area (Å²) in [5, 5.41) is 2.10. The van der Waals surface area contributed by atoms with E-state index in [2.05, 4.69) is 204 Å². The molecule has 2 aliphatic heterocycles. The van der Waals surface area contributed by atoms with Gasteiger partial charge in [-0.1, -0.05) is 158 Å². The lowest BCUT2D eigenvalue weighted by atomic mass is 9.61. The van der Waals surface area contributed by atoms with Gasteiger partial charge in [0.1, 0.15) is 11.5 Å². The molecule has 0 fully saturated rings. The Morgan fingerprint density at radius 2 is 0.966 bits per heavy atom. The van der Waals surface area contributed by atoms with Crippen molar-refractivity contribution in [3.8, 4) is 40.0 Å². The molecule has 0 N–H and O–H groups in total. The van der Waals surface area contributed by atoms with E-state index >= 15 is 0 Å². The molecule has 10 aromatic rings. The summed E-state index contributed by atoms with van der Waals surface area (Å²) in [5.41, 5.74) is 13.1. The third kappa shape index (κ3) is 4.58. The van der Waals surface area contributed by atoms with Crippen LogP contribution in [0, 0.1) is 0 Å². The molecule has 1 spiro atoms. The predicted molar refractivity (Wildman–Crippen MR) is 234 cm³/mol. The molecule has 272 valence electrons. The molecular weight excluding hydrogens is 709 g/mol. The van der Waals surface area contributed by atoms with Crippen molar-refractivity contribution >= 4 is 38.9 Å². The molecule has 0 bridgehead atoms. The number of anilines is 3. The van der Waals surface area contributed by atoms with Gasteiger partial charge in [-0.3, -0.25) is 4.57 Å². The van der Waals surface area contributed by atoms with Crippen LogP contribution in [-0.4, -0.2) is 14.5 Å². The minimum atomic E-state index is -0.690. The SMILES string of the molecule is c1ccc(-c2cc(-c3ccccc3)nc(-n3c4ccccc4c4c5c(ccc43)C3(c4ccccc4O5)c4ccccc4N(c4ccccc4)c4ccccc43)n2)cc1. The van der Waals surface area contributed by atoms with Crippen LogP contribution in [0.25, 0.3) is 50.3 Å². The Kier molecular flexibility index (Phi) is 7.07. The Bertz CT molecular complexity index is 3110. The number of nitrogens with zero attached hydrogens (tertiary/aromatic N) is 4. The van der Waals surface area contributed by atoms with Gasteiger partial charge in [-0.2, -0.15) is 0 Å². The minimum Gasteiger partial charge on any atom is -0.456 e. The Morgan fingerprint density at radius 3 is 1.62 bits per heavy atom. The summed E-state index contributed by atoms with van der Waals surface area (Å²) in [6.07, 6.45) is 0. The predicted octanol–water partition coefficient (Wildman–Crippen LogP) is 13.2. The van der Waals surface area contributed by atoms with Crippen molar-refractivity contribution in [2.24, 2.45) is 0 Å². The molecule has 2 aromatic heterocycles. The van der Waals surface area contributed by atoms with Crippen LogP contribution in [0.5, 0.6) is 11.5 Å². The van der Waals surface area contributed by atoms with Crippen LogP contribution in [0.3, 0.4) is 0 Å². The molecule has 5 nitrogen and oxygen atoms in total. The van der Waals surface area contributed by atoms with Gasteiger partial charge < -0.3 is 9.64 Å². The largest absolute Gasteiger partial charge is 0.456 e. The summed E-state index contributed by atoms with van der Waals surface area (Å²) < 4.78 is 9.44. The summed E-state index contributed by atoms with van der Waals surface area (Å²) in [6, 6.07) is 72.9. The summed E-state index contributed by atoms with van der Waals surface area (Å²) in [6.45, 7) is 0. The second-order valence-electron chi connectivity index (χ2n) is 14.9. The number of aromatic nitrogens is 3. The molecule has 12 rings (SSSR count). The Morgan fingerprint density at radius 1 is 0.431 bits per heavy atom. The maximum absolute atomic E-state index is 7.24. The van der Waals surface area contributed by atoms with Crippen molar-refractivity contribution in [2.45, 2.75) is 5.41 Å². The van der Waals surface area contributed by atoms with Gasteiger partial charge in [0.05, 0.1) is 44.6 Å². The zero-order valence-corrected chi connectivity index (χ0v) is 31.3. The summed E-state index contributed by atoms with van der Waals surface area (Å²) in [4.78, 5) is 13.0. The zero-order chi connectivity index (χ0) is 38.2. The van der Waals surface area contributed by atoms with Gasteiger partial charge in [0, 0.05) is 33.3 Å². The lowest BCUT2D eigenvalue weighted by molar-refractivity contribution is 0.439. The molecule has 8 aromatic carbocycles. The van der Waals surface area contributed by atoms with Gasteiger partial charge in [0.15, 0.2) is 0 Å². The average Bonchev–Trinajstić information content (AvgIpc) is 3.65. The van der Waals surface area contributed by atoms with Gasteiger partial charge in [0.25, 0.3) is 0 Å². The van der Waals surface area contributed by atoms with Gasteiger partial charge in [0.2, 0.25) is 5.95 Å². The van der Waals surface area contributed by atoms with Crippen LogP contribution in [-0.2, 0) is 5.41 Å². The van der Waals surface area contributed by atoms with E-state index in [1.807, 2.05) is 12.1 Å². The van der Waals surface area contributed by atoms with E-state index in [0.717, 1.165) is 84.0 Å². The van der Waals surface area contributed by atoms with Crippen molar-refractivity contribution in [3.63, 3.8) is 0 Å². The van der Waals surface area contributed by atoms with Crippen LogP contribution >= 0.6 is 0 Å². The fourth-order valence-corrected chi connectivity index (χ4v) is 9.50. The molecular formula is C53H34N4O. The van der Waals surface area contributed by atoms with E-state index in [-0.39, 0.29) is 0 Å². The number of hydrogen-bond donors (Lipinski definition) is 0. The second kappa shape index (κ2) is 12.6. The monoisotopic (exact) mass is 742 g/mol. The molecule has 0 unspecified atom stereocenters. The number of rotatable bonds is 4.